The summed E-state index contributed by atoms with van der Waals surface area (Å²) in [4.78, 5) is 0. The van der Waals surface area contributed by atoms with Crippen LogP contribution in [0.3, 0.4) is 0 Å². The second-order valence-electron chi connectivity index (χ2n) is 4.67. The third kappa shape index (κ3) is 2.28. The first-order chi connectivity index (χ1) is 8.84. The molecule has 0 bridgehead atoms. The summed E-state index contributed by atoms with van der Waals surface area (Å²) in [5.74, 6) is 1.03. The van der Waals surface area contributed by atoms with Gasteiger partial charge in [-0.25, -0.2) is 0 Å². The van der Waals surface area contributed by atoms with Crippen molar-refractivity contribution in [1.82, 2.24) is 5.32 Å². The van der Waals surface area contributed by atoms with Gasteiger partial charge in [0, 0.05) is 24.1 Å². The fourth-order valence-corrected chi connectivity index (χ4v) is 3.19. The Hall–Kier alpha value is -1.32. The molecule has 1 aliphatic rings. The van der Waals surface area contributed by atoms with E-state index in [1.165, 1.54) is 11.1 Å². The van der Waals surface area contributed by atoms with Crippen LogP contribution in [0.5, 0.6) is 5.75 Å². The normalized spacial score (nSPS) is 19.9. The number of hydrogen-bond donors (Lipinski definition) is 1. The third-order valence-corrected chi connectivity index (χ3v) is 4.15. The molecule has 0 radical (unpaired) electrons. The van der Waals surface area contributed by atoms with Crippen LogP contribution in [-0.4, -0.2) is 6.61 Å². The van der Waals surface area contributed by atoms with Gasteiger partial charge in [0.2, 0.25) is 0 Å². The lowest BCUT2D eigenvalue weighted by Crippen LogP contribution is -2.29. The number of para-hydroxylation sites is 1. The van der Waals surface area contributed by atoms with E-state index in [1.807, 2.05) is 6.07 Å². The molecule has 0 spiro atoms. The topological polar surface area (TPSA) is 21.3 Å². The van der Waals surface area contributed by atoms with Crippen molar-refractivity contribution < 1.29 is 4.74 Å². The number of thiophene rings is 1. The molecule has 1 aromatic carbocycles. The molecule has 1 aromatic heterocycles. The van der Waals surface area contributed by atoms with Gasteiger partial charge in [0.15, 0.2) is 0 Å². The Kier molecular flexibility index (Phi) is 3.35. The van der Waals surface area contributed by atoms with E-state index in [1.54, 1.807) is 11.3 Å². The van der Waals surface area contributed by atoms with Gasteiger partial charge in [0.1, 0.15) is 5.75 Å². The number of hydrogen-bond acceptors (Lipinski definition) is 3. The molecule has 0 saturated carbocycles. The van der Waals surface area contributed by atoms with Crippen molar-refractivity contribution in [2.75, 3.05) is 6.61 Å². The Bertz CT molecular complexity index is 509. The molecule has 0 fully saturated rings. The number of benzene rings is 1. The lowest BCUT2D eigenvalue weighted by Gasteiger charge is -2.29. The van der Waals surface area contributed by atoms with Crippen molar-refractivity contribution in [3.63, 3.8) is 0 Å². The first kappa shape index (κ1) is 11.8. The average Bonchev–Trinajstić information content (AvgIpc) is 2.93. The zero-order valence-electron chi connectivity index (χ0n) is 10.4. The standard InChI is InChI=1S/C15H17NOS/c1-11(12-7-9-18-10-12)16-14-6-8-17-15-5-3-2-4-13(14)15/h2-5,7,9-11,14,16H,6,8H2,1H3. The number of fused-ring (bicyclic) bond motifs is 1. The third-order valence-electron chi connectivity index (χ3n) is 3.45. The summed E-state index contributed by atoms with van der Waals surface area (Å²) in [5, 5.41) is 8.05. The van der Waals surface area contributed by atoms with E-state index >= 15 is 0 Å². The van der Waals surface area contributed by atoms with Crippen molar-refractivity contribution in [2.45, 2.75) is 25.4 Å². The van der Waals surface area contributed by atoms with Crippen LogP contribution in [-0.2, 0) is 0 Å². The first-order valence-corrected chi connectivity index (χ1v) is 7.29. The molecule has 2 unspecified atom stereocenters. The van der Waals surface area contributed by atoms with Gasteiger partial charge in [0.05, 0.1) is 6.61 Å². The molecule has 3 heteroatoms. The Morgan fingerprint density at radius 1 is 1.33 bits per heavy atom. The summed E-state index contributed by atoms with van der Waals surface area (Å²) in [7, 11) is 0. The van der Waals surface area contributed by atoms with Gasteiger partial charge in [-0.15, -0.1) is 0 Å². The molecule has 94 valence electrons. The quantitative estimate of drug-likeness (QED) is 0.902. The minimum absolute atomic E-state index is 0.382. The van der Waals surface area contributed by atoms with E-state index in [9.17, 15) is 0 Å². The maximum Gasteiger partial charge on any atom is 0.124 e. The Labute approximate surface area is 112 Å². The average molecular weight is 259 g/mol. The zero-order valence-corrected chi connectivity index (χ0v) is 11.2. The van der Waals surface area contributed by atoms with Crippen LogP contribution < -0.4 is 10.1 Å². The summed E-state index contributed by atoms with van der Waals surface area (Å²) < 4.78 is 5.69. The van der Waals surface area contributed by atoms with Crippen molar-refractivity contribution in [2.24, 2.45) is 0 Å². The molecule has 18 heavy (non-hydrogen) atoms. The van der Waals surface area contributed by atoms with E-state index in [-0.39, 0.29) is 0 Å². The molecule has 0 amide bonds. The fourth-order valence-electron chi connectivity index (χ4n) is 2.43. The number of nitrogens with one attached hydrogen (secondary N) is 1. The highest BCUT2D eigenvalue weighted by Crippen LogP contribution is 2.33. The van der Waals surface area contributed by atoms with E-state index in [0.717, 1.165) is 18.8 Å². The summed E-state index contributed by atoms with van der Waals surface area (Å²) in [6.45, 7) is 3.02. The van der Waals surface area contributed by atoms with Gasteiger partial charge < -0.3 is 10.1 Å². The van der Waals surface area contributed by atoms with Crippen LogP contribution >= 0.6 is 11.3 Å². The Balaban J connectivity index is 1.78. The van der Waals surface area contributed by atoms with Gasteiger partial charge >= 0.3 is 0 Å². The molecule has 2 nitrogen and oxygen atoms in total. The highest BCUT2D eigenvalue weighted by Gasteiger charge is 2.22. The molecule has 1 N–H and O–H groups in total. The monoisotopic (exact) mass is 259 g/mol. The summed E-state index contributed by atoms with van der Waals surface area (Å²) >= 11 is 1.75. The maximum absolute atomic E-state index is 5.69. The Morgan fingerprint density at radius 2 is 2.22 bits per heavy atom. The van der Waals surface area contributed by atoms with Crippen molar-refractivity contribution >= 4 is 11.3 Å². The second kappa shape index (κ2) is 5.12. The molecular weight excluding hydrogens is 242 g/mol. The predicted octanol–water partition coefficient (Wildman–Crippen LogP) is 3.92. The minimum Gasteiger partial charge on any atom is -0.493 e. The lowest BCUT2D eigenvalue weighted by molar-refractivity contribution is 0.246. The largest absolute Gasteiger partial charge is 0.493 e. The van der Waals surface area contributed by atoms with Gasteiger partial charge in [-0.3, -0.25) is 0 Å². The maximum atomic E-state index is 5.69. The summed E-state index contributed by atoms with van der Waals surface area (Å²) in [6, 6.07) is 11.3. The van der Waals surface area contributed by atoms with Crippen LogP contribution in [0.1, 0.15) is 36.6 Å². The van der Waals surface area contributed by atoms with Crippen molar-refractivity contribution in [3.8, 4) is 5.75 Å². The lowest BCUT2D eigenvalue weighted by atomic mass is 9.99. The molecule has 0 saturated heterocycles. The van der Waals surface area contributed by atoms with Gasteiger partial charge in [0.25, 0.3) is 0 Å². The van der Waals surface area contributed by atoms with Crippen LogP contribution in [0.15, 0.2) is 41.1 Å². The molecule has 3 rings (SSSR count). The smallest absolute Gasteiger partial charge is 0.124 e. The van der Waals surface area contributed by atoms with E-state index in [2.05, 4.69) is 47.3 Å². The van der Waals surface area contributed by atoms with Gasteiger partial charge in [-0.05, 0) is 35.4 Å². The van der Waals surface area contributed by atoms with Gasteiger partial charge in [-0.1, -0.05) is 18.2 Å². The van der Waals surface area contributed by atoms with Crippen LogP contribution in [0, 0.1) is 0 Å². The molecule has 2 aromatic rings. The van der Waals surface area contributed by atoms with Crippen LogP contribution in [0.25, 0.3) is 0 Å². The minimum atomic E-state index is 0.382. The second-order valence-corrected chi connectivity index (χ2v) is 5.45. The van der Waals surface area contributed by atoms with Crippen molar-refractivity contribution in [3.05, 3.63) is 52.2 Å². The van der Waals surface area contributed by atoms with E-state index in [4.69, 9.17) is 4.74 Å². The highest BCUT2D eigenvalue weighted by atomic mass is 32.1. The Morgan fingerprint density at radius 3 is 3.06 bits per heavy atom. The van der Waals surface area contributed by atoms with Crippen LogP contribution in [0.4, 0.5) is 0 Å². The molecule has 2 heterocycles. The molecular formula is C15H17NOS. The highest BCUT2D eigenvalue weighted by molar-refractivity contribution is 7.07. The predicted molar refractivity (Wildman–Crippen MR) is 75.2 cm³/mol. The summed E-state index contributed by atoms with van der Waals surface area (Å²) in [5.41, 5.74) is 2.65. The number of ether oxygens (including phenoxy) is 1. The van der Waals surface area contributed by atoms with Crippen LogP contribution in [0.2, 0.25) is 0 Å². The summed E-state index contributed by atoms with van der Waals surface area (Å²) in [6.07, 6.45) is 1.03. The molecule has 0 aliphatic carbocycles. The van der Waals surface area contributed by atoms with Gasteiger partial charge in [-0.2, -0.15) is 11.3 Å². The molecule has 2 atom stereocenters. The fraction of sp³-hybridized carbons (Fsp3) is 0.333. The molecule has 1 aliphatic heterocycles. The zero-order chi connectivity index (χ0) is 12.4. The van der Waals surface area contributed by atoms with E-state index in [0.29, 0.717) is 12.1 Å². The SMILES string of the molecule is CC(NC1CCOc2ccccc21)c1ccsc1. The number of rotatable bonds is 3. The first-order valence-electron chi connectivity index (χ1n) is 6.34. The van der Waals surface area contributed by atoms with E-state index < -0.39 is 0 Å². The van der Waals surface area contributed by atoms with Crippen molar-refractivity contribution in [1.29, 1.82) is 0 Å².